The smallest absolute Gasteiger partial charge is 0.353 e. The monoisotopic (exact) mass is 474 g/mol. The lowest BCUT2D eigenvalue weighted by Crippen LogP contribution is -2.63. The predicted octanol–water partition coefficient (Wildman–Crippen LogP) is -0.154. The van der Waals surface area contributed by atoms with E-state index >= 15 is 0 Å². The number of aliphatic hydroxyl groups excluding tert-OH is 1. The van der Waals surface area contributed by atoms with E-state index in [1.165, 1.54) is 16.7 Å². The molecule has 2 amide bonds. The van der Waals surface area contributed by atoms with Crippen molar-refractivity contribution in [1.29, 1.82) is 0 Å². The molecule has 0 saturated carbocycles. The number of nitrogens with zero attached hydrogens (tertiary/aromatic N) is 2. The molecule has 0 aromatic carbocycles. The van der Waals surface area contributed by atoms with Gasteiger partial charge in [-0.2, -0.15) is 0 Å². The van der Waals surface area contributed by atoms with Crippen molar-refractivity contribution in [3.63, 3.8) is 0 Å². The highest BCUT2D eigenvalue weighted by Crippen LogP contribution is 2.51. The molecule has 0 aliphatic carbocycles. The first-order chi connectivity index (χ1) is 14.2. The number of carbonyl (C=O) groups is 3. The molecule has 174 valence electrons. The standard InChI is InChI=1S/C20H30N4O5S.ClH/c1-9-8-23(5-4-21-9)18(26)13-6-12(7-22-13)30-17-10(2)15-14(11(3)25)19(27)24(15)16(17)20(28)29;/h9-15,21-22,25H,4-8H2,1-3H3,(H,28,29);1H/t9?,10-,11-,12+,13+,14-,15-;/m1./s1. The number of rotatable bonds is 5. The number of carboxylic acid groups (broad SMARTS) is 1. The molecule has 4 aliphatic rings. The summed E-state index contributed by atoms with van der Waals surface area (Å²) in [6.45, 7) is 8.36. The number of hydrogen-bond acceptors (Lipinski definition) is 7. The van der Waals surface area contributed by atoms with E-state index in [1.54, 1.807) is 6.92 Å². The molecule has 4 rings (SSSR count). The summed E-state index contributed by atoms with van der Waals surface area (Å²) >= 11 is 1.47. The minimum Gasteiger partial charge on any atom is -0.477 e. The third-order valence-electron chi connectivity index (χ3n) is 6.67. The minimum atomic E-state index is -1.11. The molecule has 3 saturated heterocycles. The van der Waals surface area contributed by atoms with Crippen molar-refractivity contribution in [3.05, 3.63) is 10.6 Å². The Bertz CT molecular complexity index is 794. The first-order valence-corrected chi connectivity index (χ1v) is 11.5. The maximum Gasteiger partial charge on any atom is 0.353 e. The summed E-state index contributed by atoms with van der Waals surface area (Å²) in [5.74, 6) is -2.04. The van der Waals surface area contributed by atoms with Crippen molar-refractivity contribution >= 4 is 42.0 Å². The molecule has 4 N–H and O–H groups in total. The zero-order valence-electron chi connectivity index (χ0n) is 17.9. The Kier molecular flexibility index (Phi) is 7.27. The Morgan fingerprint density at radius 3 is 2.58 bits per heavy atom. The van der Waals surface area contributed by atoms with E-state index in [1.807, 2.05) is 11.8 Å². The molecule has 7 atom stereocenters. The van der Waals surface area contributed by atoms with Crippen LogP contribution in [0, 0.1) is 11.8 Å². The molecule has 0 spiro atoms. The average Bonchev–Trinajstić information content (AvgIpc) is 3.23. The molecule has 31 heavy (non-hydrogen) atoms. The van der Waals surface area contributed by atoms with Gasteiger partial charge in [0.2, 0.25) is 11.8 Å². The summed E-state index contributed by atoms with van der Waals surface area (Å²) in [7, 11) is 0. The second-order valence-corrected chi connectivity index (χ2v) is 10.2. The molecule has 11 heteroatoms. The van der Waals surface area contributed by atoms with Crippen LogP contribution in [-0.2, 0) is 14.4 Å². The lowest BCUT2D eigenvalue weighted by molar-refractivity contribution is -0.163. The van der Waals surface area contributed by atoms with E-state index < -0.39 is 18.0 Å². The highest BCUT2D eigenvalue weighted by molar-refractivity contribution is 8.03. The first-order valence-electron chi connectivity index (χ1n) is 10.6. The summed E-state index contributed by atoms with van der Waals surface area (Å²) in [6.07, 6.45) is -0.180. The molecule has 4 aliphatic heterocycles. The van der Waals surface area contributed by atoms with E-state index in [0.29, 0.717) is 31.0 Å². The van der Waals surface area contributed by atoms with Crippen molar-refractivity contribution in [2.75, 3.05) is 26.2 Å². The quantitative estimate of drug-likeness (QED) is 0.406. The van der Waals surface area contributed by atoms with Crippen molar-refractivity contribution in [3.8, 4) is 0 Å². The lowest BCUT2D eigenvalue weighted by Gasteiger charge is -2.46. The highest BCUT2D eigenvalue weighted by Gasteiger charge is 2.60. The summed E-state index contributed by atoms with van der Waals surface area (Å²) in [4.78, 5) is 41.2. The van der Waals surface area contributed by atoms with Gasteiger partial charge in [0, 0.05) is 48.3 Å². The Morgan fingerprint density at radius 2 is 1.97 bits per heavy atom. The number of thioether (sulfide) groups is 1. The van der Waals surface area contributed by atoms with Crippen molar-refractivity contribution in [2.45, 2.75) is 56.7 Å². The van der Waals surface area contributed by atoms with Gasteiger partial charge in [0.15, 0.2) is 0 Å². The van der Waals surface area contributed by atoms with Crippen molar-refractivity contribution in [2.24, 2.45) is 11.8 Å². The molecule has 3 fully saturated rings. The van der Waals surface area contributed by atoms with Crippen LogP contribution < -0.4 is 10.6 Å². The molecule has 0 bridgehead atoms. The first kappa shape index (κ1) is 24.3. The van der Waals surface area contributed by atoms with Crippen LogP contribution in [0.2, 0.25) is 0 Å². The maximum atomic E-state index is 12.9. The van der Waals surface area contributed by atoms with Gasteiger partial charge in [-0.05, 0) is 20.3 Å². The van der Waals surface area contributed by atoms with Crippen LogP contribution in [0.15, 0.2) is 10.6 Å². The number of aliphatic carboxylic acids is 1. The maximum absolute atomic E-state index is 12.9. The highest BCUT2D eigenvalue weighted by atomic mass is 35.5. The van der Waals surface area contributed by atoms with Crippen LogP contribution in [0.4, 0.5) is 0 Å². The fourth-order valence-corrected chi connectivity index (χ4v) is 6.67. The molecule has 0 aromatic rings. The lowest BCUT2D eigenvalue weighted by atomic mass is 9.79. The number of hydrogen-bond donors (Lipinski definition) is 4. The molecule has 9 nitrogen and oxygen atoms in total. The SMILES string of the molecule is CC1CN(C(=O)[C@@H]2C[C@H](SC3=C(C(=O)O)N4C(=O)[C@H]([C@@H](C)O)[C@H]4[C@H]3C)CN2)CCN1.Cl. The summed E-state index contributed by atoms with van der Waals surface area (Å²) in [5.41, 5.74) is 0.0464. The molecule has 1 unspecified atom stereocenters. The second-order valence-electron chi connectivity index (χ2n) is 8.85. The van der Waals surface area contributed by atoms with Crippen LogP contribution >= 0.6 is 24.2 Å². The van der Waals surface area contributed by atoms with Crippen LogP contribution in [0.3, 0.4) is 0 Å². The van der Waals surface area contributed by atoms with Gasteiger partial charge in [0.25, 0.3) is 0 Å². The van der Waals surface area contributed by atoms with E-state index in [2.05, 4.69) is 17.6 Å². The number of aliphatic hydroxyl groups is 1. The third-order valence-corrected chi connectivity index (χ3v) is 8.19. The van der Waals surface area contributed by atoms with E-state index in [0.717, 1.165) is 6.54 Å². The zero-order valence-corrected chi connectivity index (χ0v) is 19.5. The second kappa shape index (κ2) is 9.27. The Hall–Kier alpha value is -1.33. The fourth-order valence-electron chi connectivity index (χ4n) is 5.19. The van der Waals surface area contributed by atoms with Gasteiger partial charge in [0.1, 0.15) is 5.70 Å². The molecule has 4 heterocycles. The fraction of sp³-hybridized carbons (Fsp3) is 0.750. The van der Waals surface area contributed by atoms with Gasteiger partial charge in [-0.15, -0.1) is 24.2 Å². The van der Waals surface area contributed by atoms with Gasteiger partial charge in [0.05, 0.1) is 24.1 Å². The molecular weight excluding hydrogens is 444 g/mol. The number of halogens is 1. The number of fused-ring (bicyclic) bond motifs is 1. The molecule has 0 aromatic heterocycles. The predicted molar refractivity (Wildman–Crippen MR) is 119 cm³/mol. The Balaban J connectivity index is 0.00000272. The summed E-state index contributed by atoms with van der Waals surface area (Å²) in [6, 6.07) is -0.289. The summed E-state index contributed by atoms with van der Waals surface area (Å²) < 4.78 is 0. The van der Waals surface area contributed by atoms with E-state index in [9.17, 15) is 24.6 Å². The Morgan fingerprint density at radius 1 is 1.26 bits per heavy atom. The van der Waals surface area contributed by atoms with Gasteiger partial charge < -0.3 is 30.6 Å². The number of piperazine rings is 1. The average molecular weight is 475 g/mol. The number of β-lactam (4-membered cyclic amide) rings is 1. The van der Waals surface area contributed by atoms with Crippen molar-refractivity contribution < 1.29 is 24.6 Å². The number of carboxylic acids is 1. The largest absolute Gasteiger partial charge is 0.477 e. The van der Waals surface area contributed by atoms with Crippen LogP contribution in [0.5, 0.6) is 0 Å². The van der Waals surface area contributed by atoms with Gasteiger partial charge >= 0.3 is 5.97 Å². The van der Waals surface area contributed by atoms with E-state index in [4.69, 9.17) is 0 Å². The molecular formula is C20H31ClN4O5S. The van der Waals surface area contributed by atoms with Crippen LogP contribution in [-0.4, -0.2) is 93.5 Å². The van der Waals surface area contributed by atoms with Crippen LogP contribution in [0.1, 0.15) is 27.2 Å². The number of carbonyl (C=O) groups excluding carboxylic acids is 2. The zero-order chi connectivity index (χ0) is 21.7. The van der Waals surface area contributed by atoms with Gasteiger partial charge in [-0.3, -0.25) is 9.59 Å². The topological polar surface area (TPSA) is 122 Å². The third kappa shape index (κ3) is 4.20. The van der Waals surface area contributed by atoms with Gasteiger partial charge in [-0.1, -0.05) is 6.92 Å². The van der Waals surface area contributed by atoms with Crippen LogP contribution in [0.25, 0.3) is 0 Å². The molecule has 0 radical (unpaired) electrons. The summed E-state index contributed by atoms with van der Waals surface area (Å²) in [5, 5.41) is 26.4. The van der Waals surface area contributed by atoms with Crippen molar-refractivity contribution in [1.82, 2.24) is 20.4 Å². The van der Waals surface area contributed by atoms with Gasteiger partial charge in [-0.25, -0.2) is 4.79 Å². The number of nitrogens with one attached hydrogen (secondary N) is 2. The number of amides is 2. The van der Waals surface area contributed by atoms with E-state index in [-0.39, 0.29) is 59.2 Å². The Labute approximate surface area is 192 Å². The normalized spacial score (nSPS) is 36.1. The minimum absolute atomic E-state index is 0.